The Morgan fingerprint density at radius 2 is 2.03 bits per heavy atom. The number of carboxylic acids is 1. The van der Waals surface area contributed by atoms with Crippen LogP contribution in [0.3, 0.4) is 0 Å². The second-order valence-corrected chi connectivity index (χ2v) is 7.78. The van der Waals surface area contributed by atoms with Crippen molar-refractivity contribution in [3.05, 3.63) is 58.0 Å². The van der Waals surface area contributed by atoms with E-state index in [1.165, 1.54) is 25.8 Å². The molecule has 1 heterocycles. The van der Waals surface area contributed by atoms with Crippen LogP contribution in [0, 0.1) is 13.8 Å². The Balaban J connectivity index is 1.92. The van der Waals surface area contributed by atoms with Crippen LogP contribution in [0.15, 0.2) is 46.3 Å². The number of aliphatic carboxylic acids is 1. The number of nitrogens with zero attached hydrogens (tertiary/aromatic N) is 1. The van der Waals surface area contributed by atoms with Crippen molar-refractivity contribution in [3.8, 4) is 11.5 Å². The topological polar surface area (TPSA) is 97.2 Å². The molecule has 0 saturated carbocycles. The van der Waals surface area contributed by atoms with Crippen LogP contribution >= 0.6 is 11.8 Å². The van der Waals surface area contributed by atoms with Gasteiger partial charge in [-0.15, -0.1) is 0 Å². The number of benzene rings is 2. The molecule has 0 aromatic heterocycles. The maximum absolute atomic E-state index is 12.5. The number of rotatable bonds is 6. The first-order chi connectivity index (χ1) is 14.3. The summed E-state index contributed by atoms with van der Waals surface area (Å²) in [5.41, 5.74) is 3.47. The third-order valence-corrected chi connectivity index (χ3v) is 5.29. The number of ether oxygens (including phenoxy) is 2. The average Bonchev–Trinajstić information content (AvgIpc) is 3.04. The van der Waals surface area contributed by atoms with Gasteiger partial charge in [-0.25, -0.2) is 9.79 Å². The molecule has 1 amide bonds. The molecule has 0 bridgehead atoms. The molecular weight excluding hydrogens is 404 g/mol. The van der Waals surface area contributed by atoms with Gasteiger partial charge in [-0.3, -0.25) is 4.79 Å². The first kappa shape index (κ1) is 21.4. The van der Waals surface area contributed by atoms with Crippen LogP contribution in [-0.2, 0) is 9.59 Å². The highest BCUT2D eigenvalue weighted by molar-refractivity contribution is 8.18. The van der Waals surface area contributed by atoms with Gasteiger partial charge in [0.15, 0.2) is 22.8 Å². The molecule has 1 fully saturated rings. The van der Waals surface area contributed by atoms with Crippen molar-refractivity contribution in [2.45, 2.75) is 26.9 Å². The van der Waals surface area contributed by atoms with Crippen LogP contribution in [0.2, 0.25) is 0 Å². The Hall–Kier alpha value is -3.26. The number of aryl methyl sites for hydroxylation is 2. The molecule has 7 nitrogen and oxygen atoms in total. The molecule has 2 N–H and O–H groups in total. The zero-order valence-electron chi connectivity index (χ0n) is 17.1. The van der Waals surface area contributed by atoms with Crippen molar-refractivity contribution in [1.29, 1.82) is 0 Å². The maximum atomic E-state index is 12.5. The summed E-state index contributed by atoms with van der Waals surface area (Å²) >= 11 is 1.21. The number of carbonyl (C=O) groups is 2. The van der Waals surface area contributed by atoms with Crippen LogP contribution in [0.4, 0.5) is 5.69 Å². The molecular formula is C22H22N2O5S. The second-order valence-electron chi connectivity index (χ2n) is 6.75. The minimum absolute atomic E-state index is 0.260. The highest BCUT2D eigenvalue weighted by Crippen LogP contribution is 2.36. The van der Waals surface area contributed by atoms with Crippen LogP contribution in [0.1, 0.15) is 23.6 Å². The van der Waals surface area contributed by atoms with Crippen LogP contribution in [0.5, 0.6) is 11.5 Å². The van der Waals surface area contributed by atoms with E-state index in [1.807, 2.05) is 32.0 Å². The summed E-state index contributed by atoms with van der Waals surface area (Å²) in [6.07, 6.45) is 0.557. The Morgan fingerprint density at radius 3 is 2.70 bits per heavy atom. The van der Waals surface area contributed by atoms with Crippen LogP contribution in [-0.4, -0.2) is 35.4 Å². The van der Waals surface area contributed by atoms with E-state index in [9.17, 15) is 14.7 Å². The lowest BCUT2D eigenvalue weighted by molar-refractivity contribution is -0.144. The number of hydrogen-bond donors (Lipinski definition) is 2. The molecule has 1 aliphatic rings. The lowest BCUT2D eigenvalue weighted by Crippen LogP contribution is -2.23. The van der Waals surface area contributed by atoms with Gasteiger partial charge in [0.2, 0.25) is 0 Å². The number of hydrogen-bond acceptors (Lipinski definition) is 6. The highest BCUT2D eigenvalue weighted by Gasteiger charge is 2.25. The number of thioether (sulfide) groups is 1. The van der Waals surface area contributed by atoms with E-state index in [0.717, 1.165) is 16.8 Å². The molecule has 30 heavy (non-hydrogen) atoms. The monoisotopic (exact) mass is 426 g/mol. The molecule has 1 atom stereocenters. The molecule has 0 unspecified atom stereocenters. The Labute approximate surface area is 178 Å². The fourth-order valence-electron chi connectivity index (χ4n) is 2.82. The summed E-state index contributed by atoms with van der Waals surface area (Å²) in [6.45, 7) is 5.40. The first-order valence-corrected chi connectivity index (χ1v) is 10.0. The van der Waals surface area contributed by atoms with Gasteiger partial charge in [0.1, 0.15) is 0 Å². The van der Waals surface area contributed by atoms with Gasteiger partial charge in [-0.05, 0) is 56.3 Å². The molecule has 156 valence electrons. The number of methoxy groups -OCH3 is 1. The fourth-order valence-corrected chi connectivity index (χ4v) is 3.65. The first-order valence-electron chi connectivity index (χ1n) is 9.21. The summed E-state index contributed by atoms with van der Waals surface area (Å²) in [4.78, 5) is 28.6. The van der Waals surface area contributed by atoms with Gasteiger partial charge >= 0.3 is 5.97 Å². The zero-order valence-corrected chi connectivity index (χ0v) is 17.9. The largest absolute Gasteiger partial charge is 0.493 e. The van der Waals surface area contributed by atoms with Crippen molar-refractivity contribution in [1.82, 2.24) is 5.32 Å². The molecule has 2 aromatic carbocycles. The smallest absolute Gasteiger partial charge is 0.344 e. The number of carboxylic acid groups (broad SMARTS) is 1. The normalized spacial score (nSPS) is 17.1. The SMILES string of the molecule is COc1cccc(/C=C2\SC(=Nc3ccc(C)cc3C)NC2=O)c1O[C@H](C)C(=O)O. The van der Waals surface area contributed by atoms with E-state index in [4.69, 9.17) is 9.47 Å². The summed E-state index contributed by atoms with van der Waals surface area (Å²) in [5, 5.41) is 12.4. The number of amidine groups is 1. The lowest BCUT2D eigenvalue weighted by atomic mass is 10.1. The maximum Gasteiger partial charge on any atom is 0.344 e. The predicted molar refractivity (Wildman–Crippen MR) is 117 cm³/mol. The van der Waals surface area contributed by atoms with E-state index in [1.54, 1.807) is 24.3 Å². The van der Waals surface area contributed by atoms with Crippen molar-refractivity contribution in [2.24, 2.45) is 4.99 Å². The Kier molecular flexibility index (Phi) is 6.47. The number of nitrogens with one attached hydrogen (secondary N) is 1. The molecule has 0 aliphatic carbocycles. The van der Waals surface area contributed by atoms with Crippen LogP contribution in [0.25, 0.3) is 6.08 Å². The Bertz CT molecular complexity index is 1060. The molecule has 8 heteroatoms. The summed E-state index contributed by atoms with van der Waals surface area (Å²) in [5.74, 6) is -0.750. The predicted octanol–water partition coefficient (Wildman–Crippen LogP) is 4.06. The van der Waals surface area contributed by atoms with E-state index in [0.29, 0.717) is 21.4 Å². The third kappa shape index (κ3) is 4.83. The molecule has 3 rings (SSSR count). The zero-order chi connectivity index (χ0) is 21.8. The standard InChI is InChI=1S/C22H22N2O5S/c1-12-8-9-16(13(2)10-12)23-22-24-20(25)18(30-22)11-15-6-5-7-17(28-4)19(15)29-14(3)21(26)27/h5-11,14H,1-4H3,(H,26,27)(H,23,24,25)/b18-11-/t14-/m1/s1. The minimum atomic E-state index is -1.10. The average molecular weight is 426 g/mol. The van der Waals surface area contributed by atoms with Gasteiger partial charge in [-0.2, -0.15) is 0 Å². The van der Waals surface area contributed by atoms with Gasteiger partial charge in [0.05, 0.1) is 17.7 Å². The minimum Gasteiger partial charge on any atom is -0.493 e. The summed E-state index contributed by atoms with van der Waals surface area (Å²) in [6, 6.07) is 11.0. The van der Waals surface area contributed by atoms with E-state index in [-0.39, 0.29) is 11.7 Å². The summed E-state index contributed by atoms with van der Waals surface area (Å²) in [7, 11) is 1.47. The molecule has 1 saturated heterocycles. The quantitative estimate of drug-likeness (QED) is 0.676. The molecule has 2 aromatic rings. The number of aliphatic imine (C=N–C) groups is 1. The summed E-state index contributed by atoms with van der Waals surface area (Å²) < 4.78 is 10.9. The fraction of sp³-hybridized carbons (Fsp3) is 0.227. The number of amides is 1. The van der Waals surface area contributed by atoms with Gasteiger partial charge in [0, 0.05) is 5.56 Å². The second kappa shape index (κ2) is 9.04. The van der Waals surface area contributed by atoms with Crippen molar-refractivity contribution in [2.75, 3.05) is 7.11 Å². The van der Waals surface area contributed by atoms with E-state index in [2.05, 4.69) is 10.3 Å². The van der Waals surface area contributed by atoms with Crippen molar-refractivity contribution in [3.63, 3.8) is 0 Å². The number of carbonyl (C=O) groups excluding carboxylic acids is 1. The highest BCUT2D eigenvalue weighted by atomic mass is 32.2. The molecule has 1 aliphatic heterocycles. The Morgan fingerprint density at radius 1 is 1.27 bits per heavy atom. The molecule has 0 spiro atoms. The van der Waals surface area contributed by atoms with E-state index < -0.39 is 12.1 Å². The van der Waals surface area contributed by atoms with Crippen LogP contribution < -0.4 is 14.8 Å². The molecule has 0 radical (unpaired) electrons. The van der Waals surface area contributed by atoms with Crippen molar-refractivity contribution < 1.29 is 24.2 Å². The van der Waals surface area contributed by atoms with Gasteiger partial charge < -0.3 is 19.9 Å². The van der Waals surface area contributed by atoms with Gasteiger partial charge in [-0.1, -0.05) is 29.8 Å². The van der Waals surface area contributed by atoms with E-state index >= 15 is 0 Å². The third-order valence-electron chi connectivity index (χ3n) is 4.38. The van der Waals surface area contributed by atoms with Crippen molar-refractivity contribution >= 4 is 40.6 Å². The lowest BCUT2D eigenvalue weighted by Gasteiger charge is -2.16. The van der Waals surface area contributed by atoms with Gasteiger partial charge in [0.25, 0.3) is 5.91 Å². The number of para-hydroxylation sites is 1.